The first-order valence-electron chi connectivity index (χ1n) is 16.3. The van der Waals surface area contributed by atoms with E-state index in [9.17, 15) is 0 Å². The highest BCUT2D eigenvalue weighted by molar-refractivity contribution is 5.88. The Hall–Kier alpha value is -5.86. The normalized spacial score (nSPS) is 13.0. The van der Waals surface area contributed by atoms with Crippen LogP contribution in [0.25, 0.3) is 22.3 Å². The van der Waals surface area contributed by atoms with E-state index < -0.39 is 0 Å². The molecule has 7 aromatic rings. The van der Waals surface area contributed by atoms with Crippen LogP contribution >= 0.6 is 0 Å². The molecule has 0 aliphatic carbocycles. The van der Waals surface area contributed by atoms with Crippen molar-refractivity contribution < 1.29 is 0 Å². The molecule has 226 valence electrons. The van der Waals surface area contributed by atoms with E-state index in [2.05, 4.69) is 206 Å². The fourth-order valence-electron chi connectivity index (χ4n) is 7.02. The Morgan fingerprint density at radius 3 is 1.64 bits per heavy atom. The summed E-state index contributed by atoms with van der Waals surface area (Å²) in [6.45, 7) is 4.70. The van der Waals surface area contributed by atoms with Crippen molar-refractivity contribution in [2.75, 3.05) is 9.80 Å². The van der Waals surface area contributed by atoms with E-state index in [0.717, 1.165) is 17.1 Å². The maximum atomic E-state index is 2.41. The number of anilines is 6. The molecule has 0 spiro atoms. The van der Waals surface area contributed by atoms with Gasteiger partial charge in [0.15, 0.2) is 0 Å². The molecule has 8 rings (SSSR count). The zero-order valence-corrected chi connectivity index (χ0v) is 26.7. The zero-order valence-electron chi connectivity index (χ0n) is 26.7. The number of hydrogen-bond acceptors (Lipinski definition) is 2. The average Bonchev–Trinajstić information content (AvgIpc) is 3.14. The number of nitrogens with zero attached hydrogens (tertiary/aromatic N) is 2. The van der Waals surface area contributed by atoms with E-state index >= 15 is 0 Å². The van der Waals surface area contributed by atoms with Crippen LogP contribution < -0.4 is 9.80 Å². The van der Waals surface area contributed by atoms with Crippen LogP contribution in [0.1, 0.15) is 25.0 Å². The van der Waals surface area contributed by atoms with Crippen LogP contribution in [0.3, 0.4) is 0 Å². The quantitative estimate of drug-likeness (QED) is 0.186. The van der Waals surface area contributed by atoms with Gasteiger partial charge in [-0.05, 0) is 100 Å². The monoisotopic (exact) mass is 604 g/mol. The van der Waals surface area contributed by atoms with E-state index in [4.69, 9.17) is 0 Å². The van der Waals surface area contributed by atoms with Crippen molar-refractivity contribution in [1.82, 2.24) is 0 Å². The van der Waals surface area contributed by atoms with E-state index in [0.29, 0.717) is 0 Å². The van der Waals surface area contributed by atoms with Gasteiger partial charge in [0.25, 0.3) is 0 Å². The molecule has 0 aromatic heterocycles. The number of fused-ring (bicyclic) bond motifs is 2. The lowest BCUT2D eigenvalue weighted by Crippen LogP contribution is -2.30. The first-order chi connectivity index (χ1) is 23.1. The van der Waals surface area contributed by atoms with Crippen molar-refractivity contribution in [3.63, 3.8) is 0 Å². The molecular weight excluding hydrogens is 569 g/mol. The summed E-state index contributed by atoms with van der Waals surface area (Å²) in [6, 6.07) is 65.5. The highest BCUT2D eigenvalue weighted by Crippen LogP contribution is 2.52. The third kappa shape index (κ3) is 5.18. The minimum atomic E-state index is -0.165. The summed E-state index contributed by atoms with van der Waals surface area (Å²) in [5.41, 5.74) is 14.3. The molecule has 47 heavy (non-hydrogen) atoms. The maximum Gasteiger partial charge on any atom is 0.0503 e. The van der Waals surface area contributed by atoms with E-state index in [1.165, 1.54) is 50.4 Å². The lowest BCUT2D eigenvalue weighted by molar-refractivity contribution is 0.632. The van der Waals surface area contributed by atoms with Crippen LogP contribution in [-0.2, 0) is 5.41 Å². The maximum absolute atomic E-state index is 2.41. The van der Waals surface area contributed by atoms with Crippen molar-refractivity contribution in [3.05, 3.63) is 193 Å². The predicted octanol–water partition coefficient (Wildman–Crippen LogP) is 12.6. The lowest BCUT2D eigenvalue weighted by Gasteiger charge is -2.42. The third-order valence-electron chi connectivity index (χ3n) is 9.43. The van der Waals surface area contributed by atoms with E-state index in [1.54, 1.807) is 0 Å². The molecule has 0 unspecified atom stereocenters. The Kier molecular flexibility index (Phi) is 7.19. The Morgan fingerprint density at radius 2 is 0.894 bits per heavy atom. The van der Waals surface area contributed by atoms with Gasteiger partial charge in [-0.25, -0.2) is 0 Å². The van der Waals surface area contributed by atoms with Gasteiger partial charge in [-0.15, -0.1) is 0 Å². The molecule has 1 aliphatic heterocycles. The van der Waals surface area contributed by atoms with Crippen LogP contribution in [-0.4, -0.2) is 0 Å². The molecule has 0 atom stereocenters. The summed E-state index contributed by atoms with van der Waals surface area (Å²) < 4.78 is 0. The second-order valence-electron chi connectivity index (χ2n) is 12.7. The summed E-state index contributed by atoms with van der Waals surface area (Å²) in [4.78, 5) is 4.75. The van der Waals surface area contributed by atoms with Crippen LogP contribution in [0.4, 0.5) is 34.1 Å². The van der Waals surface area contributed by atoms with Crippen molar-refractivity contribution in [3.8, 4) is 22.3 Å². The SMILES string of the molecule is CC1(C)c2ccccc2N(c2ccccc2)c2ccc(-c3cccc(N(c4ccccc4)c4ccc(-c5ccccc5)cc4)c3)cc21. The predicted molar refractivity (Wildman–Crippen MR) is 199 cm³/mol. The summed E-state index contributed by atoms with van der Waals surface area (Å²) in [5, 5.41) is 0. The number of rotatable bonds is 6. The summed E-state index contributed by atoms with van der Waals surface area (Å²) >= 11 is 0. The first kappa shape index (κ1) is 28.6. The smallest absolute Gasteiger partial charge is 0.0503 e. The van der Waals surface area contributed by atoms with Crippen LogP contribution in [0.2, 0.25) is 0 Å². The molecular formula is C45H36N2. The van der Waals surface area contributed by atoms with E-state index in [1.807, 2.05) is 0 Å². The molecule has 2 nitrogen and oxygen atoms in total. The van der Waals surface area contributed by atoms with Crippen LogP contribution in [0, 0.1) is 0 Å². The summed E-state index contributed by atoms with van der Waals surface area (Å²) in [5.74, 6) is 0. The zero-order chi connectivity index (χ0) is 31.8. The van der Waals surface area contributed by atoms with Gasteiger partial charge < -0.3 is 9.80 Å². The molecule has 0 amide bonds. The number of para-hydroxylation sites is 3. The second-order valence-corrected chi connectivity index (χ2v) is 12.7. The Labute approximate surface area is 277 Å². The molecule has 7 aromatic carbocycles. The lowest BCUT2D eigenvalue weighted by atomic mass is 9.73. The largest absolute Gasteiger partial charge is 0.310 e. The fourth-order valence-corrected chi connectivity index (χ4v) is 7.02. The van der Waals surface area contributed by atoms with Crippen LogP contribution in [0.5, 0.6) is 0 Å². The summed E-state index contributed by atoms with van der Waals surface area (Å²) in [6.07, 6.45) is 0. The number of hydrogen-bond donors (Lipinski definition) is 0. The minimum Gasteiger partial charge on any atom is -0.310 e. The molecule has 1 heterocycles. The topological polar surface area (TPSA) is 6.48 Å². The minimum absolute atomic E-state index is 0.165. The first-order valence-corrected chi connectivity index (χ1v) is 16.3. The third-order valence-corrected chi connectivity index (χ3v) is 9.43. The highest BCUT2D eigenvalue weighted by atomic mass is 15.2. The van der Waals surface area contributed by atoms with Gasteiger partial charge in [-0.3, -0.25) is 0 Å². The molecule has 0 bridgehead atoms. The van der Waals surface area contributed by atoms with Gasteiger partial charge in [-0.2, -0.15) is 0 Å². The Balaban J connectivity index is 1.22. The second kappa shape index (κ2) is 11.8. The molecule has 0 saturated heterocycles. The fraction of sp³-hybridized carbons (Fsp3) is 0.0667. The highest BCUT2D eigenvalue weighted by Gasteiger charge is 2.36. The van der Waals surface area contributed by atoms with Crippen molar-refractivity contribution >= 4 is 34.1 Å². The van der Waals surface area contributed by atoms with Crippen molar-refractivity contribution in [1.29, 1.82) is 0 Å². The Bertz CT molecular complexity index is 2150. The molecule has 1 aliphatic rings. The molecule has 0 saturated carbocycles. The van der Waals surface area contributed by atoms with Gasteiger partial charge in [0, 0.05) is 28.2 Å². The summed E-state index contributed by atoms with van der Waals surface area (Å²) in [7, 11) is 0. The van der Waals surface area contributed by atoms with E-state index in [-0.39, 0.29) is 5.41 Å². The molecule has 0 fully saturated rings. The van der Waals surface area contributed by atoms with Gasteiger partial charge in [0.1, 0.15) is 0 Å². The van der Waals surface area contributed by atoms with Gasteiger partial charge in [0.2, 0.25) is 0 Å². The van der Waals surface area contributed by atoms with Gasteiger partial charge in [0.05, 0.1) is 11.4 Å². The van der Waals surface area contributed by atoms with Gasteiger partial charge >= 0.3 is 0 Å². The molecule has 2 heteroatoms. The van der Waals surface area contributed by atoms with Gasteiger partial charge in [-0.1, -0.05) is 129 Å². The Morgan fingerprint density at radius 1 is 0.383 bits per heavy atom. The van der Waals surface area contributed by atoms with Crippen LogP contribution in [0.15, 0.2) is 182 Å². The number of benzene rings is 7. The van der Waals surface area contributed by atoms with Crippen molar-refractivity contribution in [2.24, 2.45) is 0 Å². The van der Waals surface area contributed by atoms with Crippen molar-refractivity contribution in [2.45, 2.75) is 19.3 Å². The standard InChI is InChI=1S/C45H36N2/c1-45(2)41-23-12-13-24-43(41)47(38-20-10-5-11-21-38)44-30-27-36(32-42(44)45)35-17-14-22-40(31-35)46(37-18-8-4-9-19-37)39-28-25-34(26-29-39)33-15-6-3-7-16-33/h3-32H,1-2H3. The molecule has 0 radical (unpaired) electrons. The molecule has 0 N–H and O–H groups in total. The average molecular weight is 605 g/mol.